The van der Waals surface area contributed by atoms with Gasteiger partial charge in [0, 0.05) is 5.56 Å². The molecule has 0 aromatic heterocycles. The Kier molecular flexibility index (Phi) is 3.23. The Morgan fingerprint density at radius 3 is 2.79 bits per heavy atom. The molecule has 0 bridgehead atoms. The highest BCUT2D eigenvalue weighted by Gasteiger charge is 2.09. The van der Waals surface area contributed by atoms with Gasteiger partial charge in [0.1, 0.15) is 11.6 Å². The minimum Gasteiger partial charge on any atom is -0.515 e. The topological polar surface area (TPSA) is 46.5 Å². The van der Waals surface area contributed by atoms with E-state index in [9.17, 15) is 9.18 Å². The third-order valence-corrected chi connectivity index (χ3v) is 1.74. The predicted octanol–water partition coefficient (Wildman–Crippen LogP) is 1.93. The van der Waals surface area contributed by atoms with Crippen molar-refractivity contribution in [3.63, 3.8) is 0 Å². The van der Waals surface area contributed by atoms with E-state index in [1.807, 2.05) is 0 Å². The summed E-state index contributed by atoms with van der Waals surface area (Å²) < 4.78 is 17.7. The molecule has 0 saturated heterocycles. The van der Waals surface area contributed by atoms with Crippen LogP contribution in [0.2, 0.25) is 0 Å². The highest BCUT2D eigenvalue weighted by Crippen LogP contribution is 2.25. The fourth-order valence-electron chi connectivity index (χ4n) is 1.07. The molecular weight excluding hydrogens is 187 g/mol. The zero-order chi connectivity index (χ0) is 10.6. The highest BCUT2D eigenvalue weighted by atomic mass is 19.1. The molecule has 0 aliphatic rings. The first-order chi connectivity index (χ1) is 6.72. The minimum absolute atomic E-state index is 0.0265. The highest BCUT2D eigenvalue weighted by molar-refractivity contribution is 6.07. The van der Waals surface area contributed by atoms with Crippen LogP contribution in [0, 0.1) is 5.82 Å². The summed E-state index contributed by atoms with van der Waals surface area (Å²) in [7, 11) is 1.40. The van der Waals surface area contributed by atoms with Crippen LogP contribution in [0.5, 0.6) is 5.75 Å². The minimum atomic E-state index is -0.498. The Morgan fingerprint density at radius 1 is 1.57 bits per heavy atom. The standard InChI is InChI=1S/C10H9FO3/c1-14-10-3-2-8(11)4-9(10)7(5-12)6-13/h2-6,12H,1H3/b7-5+. The molecule has 3 nitrogen and oxygen atoms in total. The maximum atomic E-state index is 12.8. The van der Waals surface area contributed by atoms with Gasteiger partial charge in [0.05, 0.1) is 18.9 Å². The maximum Gasteiger partial charge on any atom is 0.153 e. The fraction of sp³-hybridized carbons (Fsp3) is 0.100. The molecule has 0 atom stereocenters. The van der Waals surface area contributed by atoms with Crippen LogP contribution in [0.3, 0.4) is 0 Å². The van der Waals surface area contributed by atoms with Crippen LogP contribution in [-0.2, 0) is 4.79 Å². The number of benzene rings is 1. The average Bonchev–Trinajstić information content (AvgIpc) is 2.20. The van der Waals surface area contributed by atoms with Gasteiger partial charge in [-0.1, -0.05) is 0 Å². The first-order valence-electron chi connectivity index (χ1n) is 3.86. The number of rotatable bonds is 3. The summed E-state index contributed by atoms with van der Waals surface area (Å²) in [4.78, 5) is 10.5. The summed E-state index contributed by atoms with van der Waals surface area (Å²) in [6.07, 6.45) is 1.04. The summed E-state index contributed by atoms with van der Waals surface area (Å²) in [6, 6.07) is 3.72. The van der Waals surface area contributed by atoms with Crippen LogP contribution in [-0.4, -0.2) is 18.5 Å². The van der Waals surface area contributed by atoms with E-state index in [0.717, 1.165) is 6.07 Å². The summed E-state index contributed by atoms with van der Waals surface area (Å²) in [5, 5.41) is 8.72. The molecule has 0 heterocycles. The Balaban J connectivity index is 3.29. The van der Waals surface area contributed by atoms with Gasteiger partial charge in [-0.25, -0.2) is 4.39 Å². The van der Waals surface area contributed by atoms with E-state index in [-0.39, 0.29) is 11.1 Å². The number of aldehydes is 1. The van der Waals surface area contributed by atoms with Gasteiger partial charge in [0.2, 0.25) is 0 Å². The lowest BCUT2D eigenvalue weighted by molar-refractivity contribution is -0.103. The van der Waals surface area contributed by atoms with Gasteiger partial charge in [-0.15, -0.1) is 0 Å². The zero-order valence-corrected chi connectivity index (χ0v) is 7.53. The molecule has 0 unspecified atom stereocenters. The second-order valence-electron chi connectivity index (χ2n) is 2.55. The number of ether oxygens (including phenoxy) is 1. The largest absolute Gasteiger partial charge is 0.515 e. The third-order valence-electron chi connectivity index (χ3n) is 1.74. The molecule has 14 heavy (non-hydrogen) atoms. The number of carbonyl (C=O) groups is 1. The normalized spacial score (nSPS) is 11.1. The van der Waals surface area contributed by atoms with E-state index in [4.69, 9.17) is 9.84 Å². The zero-order valence-electron chi connectivity index (χ0n) is 7.53. The molecule has 0 aliphatic carbocycles. The van der Waals surface area contributed by atoms with Gasteiger partial charge < -0.3 is 9.84 Å². The Bertz CT molecular complexity index is 372. The van der Waals surface area contributed by atoms with Gasteiger partial charge in [0.15, 0.2) is 6.29 Å². The summed E-state index contributed by atoms with van der Waals surface area (Å²) in [5.41, 5.74) is 0.200. The van der Waals surface area contributed by atoms with E-state index in [1.54, 1.807) is 0 Å². The third kappa shape index (κ3) is 1.90. The Hall–Kier alpha value is -1.84. The Morgan fingerprint density at radius 2 is 2.29 bits per heavy atom. The van der Waals surface area contributed by atoms with E-state index < -0.39 is 5.82 Å². The molecular formula is C10H9FO3. The molecule has 74 valence electrons. The molecule has 0 amide bonds. The predicted molar refractivity (Wildman–Crippen MR) is 49.6 cm³/mol. The van der Waals surface area contributed by atoms with E-state index in [0.29, 0.717) is 18.3 Å². The molecule has 0 fully saturated rings. The molecule has 0 aliphatic heterocycles. The summed E-state index contributed by atoms with van der Waals surface area (Å²) in [5.74, 6) is -0.166. The van der Waals surface area contributed by atoms with E-state index >= 15 is 0 Å². The number of carbonyl (C=O) groups excluding carboxylic acids is 1. The van der Waals surface area contributed by atoms with Gasteiger partial charge in [-0.05, 0) is 18.2 Å². The van der Waals surface area contributed by atoms with Crippen molar-refractivity contribution in [3.8, 4) is 5.75 Å². The SMILES string of the molecule is COc1ccc(F)cc1/C(C=O)=C/O. The van der Waals surface area contributed by atoms with Crippen molar-refractivity contribution in [3.05, 3.63) is 35.8 Å². The molecule has 1 aromatic carbocycles. The lowest BCUT2D eigenvalue weighted by atomic mass is 10.1. The smallest absolute Gasteiger partial charge is 0.153 e. The van der Waals surface area contributed by atoms with E-state index in [2.05, 4.69) is 0 Å². The molecule has 0 radical (unpaired) electrons. The Labute approximate surface area is 80.4 Å². The molecule has 4 heteroatoms. The number of aliphatic hydroxyl groups is 1. The van der Waals surface area contributed by atoms with Crippen LogP contribution in [0.1, 0.15) is 5.56 Å². The van der Waals surface area contributed by atoms with Crippen LogP contribution in [0.4, 0.5) is 4.39 Å². The monoisotopic (exact) mass is 196 g/mol. The van der Waals surface area contributed by atoms with Crippen molar-refractivity contribution >= 4 is 11.9 Å². The number of hydrogen-bond acceptors (Lipinski definition) is 3. The lowest BCUT2D eigenvalue weighted by Crippen LogP contribution is -1.94. The summed E-state index contributed by atoms with van der Waals surface area (Å²) >= 11 is 0. The van der Waals surface area contributed by atoms with Crippen molar-refractivity contribution in [2.45, 2.75) is 0 Å². The average molecular weight is 196 g/mol. The first kappa shape index (κ1) is 10.2. The van der Waals surface area contributed by atoms with Crippen LogP contribution in [0.25, 0.3) is 5.57 Å². The second-order valence-corrected chi connectivity index (χ2v) is 2.55. The number of hydrogen-bond donors (Lipinski definition) is 1. The lowest BCUT2D eigenvalue weighted by Gasteiger charge is -2.06. The van der Waals surface area contributed by atoms with Crippen LogP contribution >= 0.6 is 0 Å². The molecule has 1 rings (SSSR count). The molecule has 1 aromatic rings. The van der Waals surface area contributed by atoms with Crippen LogP contribution in [0.15, 0.2) is 24.5 Å². The van der Waals surface area contributed by atoms with Crippen LogP contribution < -0.4 is 4.74 Å². The second kappa shape index (κ2) is 4.41. The number of halogens is 1. The van der Waals surface area contributed by atoms with Gasteiger partial charge in [0.25, 0.3) is 0 Å². The molecule has 0 saturated carbocycles. The van der Waals surface area contributed by atoms with Crippen molar-refractivity contribution in [1.82, 2.24) is 0 Å². The van der Waals surface area contributed by atoms with E-state index in [1.165, 1.54) is 19.2 Å². The molecule has 1 N–H and O–H groups in total. The van der Waals surface area contributed by atoms with Gasteiger partial charge in [-0.2, -0.15) is 0 Å². The summed E-state index contributed by atoms with van der Waals surface area (Å²) in [6.45, 7) is 0. The van der Waals surface area contributed by atoms with Crippen molar-refractivity contribution < 1.29 is 19.0 Å². The number of aliphatic hydroxyl groups excluding tert-OH is 1. The van der Waals surface area contributed by atoms with Gasteiger partial charge >= 0.3 is 0 Å². The molecule has 0 spiro atoms. The number of allylic oxidation sites excluding steroid dienone is 1. The number of methoxy groups -OCH3 is 1. The maximum absolute atomic E-state index is 12.8. The van der Waals surface area contributed by atoms with Gasteiger partial charge in [-0.3, -0.25) is 4.79 Å². The van der Waals surface area contributed by atoms with Crippen molar-refractivity contribution in [2.75, 3.05) is 7.11 Å². The van der Waals surface area contributed by atoms with Crippen molar-refractivity contribution in [1.29, 1.82) is 0 Å². The fourth-order valence-corrected chi connectivity index (χ4v) is 1.07. The first-order valence-corrected chi connectivity index (χ1v) is 3.86. The quantitative estimate of drug-likeness (QED) is 0.456. The van der Waals surface area contributed by atoms with Crippen molar-refractivity contribution in [2.24, 2.45) is 0 Å².